The maximum Gasteiger partial charge on any atom is 0.271 e. The van der Waals surface area contributed by atoms with Gasteiger partial charge in [0.25, 0.3) is 5.91 Å². The summed E-state index contributed by atoms with van der Waals surface area (Å²) in [5, 5.41) is 4.56. The van der Waals surface area contributed by atoms with E-state index in [1.807, 2.05) is 36.4 Å². The molecule has 1 N–H and O–H groups in total. The SMILES string of the molecule is COc1cccc(COc2ccc(C(=O)NN=Cc3cccc(Cl)c3)cc2)c1. The first-order valence-electron chi connectivity index (χ1n) is 8.59. The van der Waals surface area contributed by atoms with E-state index in [4.69, 9.17) is 21.1 Å². The van der Waals surface area contributed by atoms with Crippen molar-refractivity contribution < 1.29 is 14.3 Å². The summed E-state index contributed by atoms with van der Waals surface area (Å²) in [6.45, 7) is 0.409. The van der Waals surface area contributed by atoms with E-state index in [0.717, 1.165) is 16.9 Å². The van der Waals surface area contributed by atoms with Crippen LogP contribution in [0.4, 0.5) is 0 Å². The number of nitrogens with one attached hydrogen (secondary N) is 1. The van der Waals surface area contributed by atoms with Crippen molar-refractivity contribution in [2.45, 2.75) is 6.61 Å². The Bertz CT molecular complexity index is 972. The number of nitrogens with zero attached hydrogens (tertiary/aromatic N) is 1. The second kappa shape index (κ2) is 9.58. The van der Waals surface area contributed by atoms with Crippen LogP contribution in [0.5, 0.6) is 11.5 Å². The van der Waals surface area contributed by atoms with E-state index in [9.17, 15) is 4.79 Å². The molecule has 3 rings (SSSR count). The number of hydrazone groups is 1. The summed E-state index contributed by atoms with van der Waals surface area (Å²) in [7, 11) is 1.63. The fraction of sp³-hybridized carbons (Fsp3) is 0.0909. The average Bonchev–Trinajstić information content (AvgIpc) is 2.73. The molecule has 5 nitrogen and oxygen atoms in total. The normalized spacial score (nSPS) is 10.6. The largest absolute Gasteiger partial charge is 0.497 e. The van der Waals surface area contributed by atoms with Crippen molar-refractivity contribution in [2.24, 2.45) is 5.10 Å². The van der Waals surface area contributed by atoms with E-state index in [0.29, 0.717) is 22.9 Å². The summed E-state index contributed by atoms with van der Waals surface area (Å²) in [6.07, 6.45) is 1.54. The van der Waals surface area contributed by atoms with Gasteiger partial charge < -0.3 is 9.47 Å². The fourth-order valence-corrected chi connectivity index (χ4v) is 2.65. The molecule has 0 aliphatic heterocycles. The molecule has 0 bridgehead atoms. The number of carbonyl (C=O) groups is 1. The topological polar surface area (TPSA) is 59.9 Å². The number of amides is 1. The maximum atomic E-state index is 12.2. The Labute approximate surface area is 168 Å². The third-order valence-electron chi connectivity index (χ3n) is 3.88. The lowest BCUT2D eigenvalue weighted by Crippen LogP contribution is -2.17. The highest BCUT2D eigenvalue weighted by Crippen LogP contribution is 2.17. The second-order valence-electron chi connectivity index (χ2n) is 5.92. The van der Waals surface area contributed by atoms with Gasteiger partial charge in [-0.2, -0.15) is 5.10 Å². The predicted molar refractivity (Wildman–Crippen MR) is 110 cm³/mol. The smallest absolute Gasteiger partial charge is 0.271 e. The maximum absolute atomic E-state index is 12.2. The molecule has 0 unspecified atom stereocenters. The van der Waals surface area contributed by atoms with Gasteiger partial charge in [0.2, 0.25) is 0 Å². The number of ether oxygens (including phenoxy) is 2. The zero-order chi connectivity index (χ0) is 19.8. The van der Waals surface area contributed by atoms with Gasteiger partial charge in [0.1, 0.15) is 18.1 Å². The van der Waals surface area contributed by atoms with Crippen LogP contribution in [0.25, 0.3) is 0 Å². The summed E-state index contributed by atoms with van der Waals surface area (Å²) in [4.78, 5) is 12.2. The monoisotopic (exact) mass is 394 g/mol. The summed E-state index contributed by atoms with van der Waals surface area (Å²) >= 11 is 5.91. The van der Waals surface area contributed by atoms with Crippen molar-refractivity contribution in [2.75, 3.05) is 7.11 Å². The minimum atomic E-state index is -0.308. The van der Waals surface area contributed by atoms with Gasteiger partial charge in [-0.05, 0) is 59.7 Å². The van der Waals surface area contributed by atoms with Gasteiger partial charge in [-0.15, -0.1) is 0 Å². The Hall–Kier alpha value is -3.31. The van der Waals surface area contributed by atoms with Gasteiger partial charge in [0.05, 0.1) is 13.3 Å². The highest BCUT2D eigenvalue weighted by atomic mass is 35.5. The lowest BCUT2D eigenvalue weighted by Gasteiger charge is -2.08. The van der Waals surface area contributed by atoms with Crippen LogP contribution in [0, 0.1) is 0 Å². The van der Waals surface area contributed by atoms with Crippen molar-refractivity contribution in [3.05, 3.63) is 94.5 Å². The number of methoxy groups -OCH3 is 1. The number of rotatable bonds is 7. The summed E-state index contributed by atoms with van der Waals surface area (Å²) in [5.74, 6) is 1.14. The average molecular weight is 395 g/mol. The van der Waals surface area contributed by atoms with E-state index >= 15 is 0 Å². The first-order chi connectivity index (χ1) is 13.6. The Morgan fingerprint density at radius 3 is 2.57 bits per heavy atom. The Morgan fingerprint density at radius 1 is 1.04 bits per heavy atom. The zero-order valence-electron chi connectivity index (χ0n) is 15.3. The summed E-state index contributed by atoms with van der Waals surface area (Å²) < 4.78 is 10.9. The molecule has 0 radical (unpaired) electrons. The number of hydrogen-bond donors (Lipinski definition) is 1. The number of halogens is 1. The van der Waals surface area contributed by atoms with Crippen molar-refractivity contribution in [1.29, 1.82) is 0 Å². The van der Waals surface area contributed by atoms with Crippen LogP contribution in [0.3, 0.4) is 0 Å². The van der Waals surface area contributed by atoms with Crippen LogP contribution in [0.15, 0.2) is 77.9 Å². The molecular formula is C22H19ClN2O3. The number of carbonyl (C=O) groups excluding carboxylic acids is 1. The Morgan fingerprint density at radius 2 is 1.82 bits per heavy atom. The molecule has 6 heteroatoms. The van der Waals surface area contributed by atoms with E-state index in [-0.39, 0.29) is 5.91 Å². The van der Waals surface area contributed by atoms with Gasteiger partial charge in [-0.25, -0.2) is 5.43 Å². The molecule has 0 saturated heterocycles. The zero-order valence-corrected chi connectivity index (χ0v) is 16.0. The molecule has 142 valence electrons. The Kier molecular flexibility index (Phi) is 6.65. The van der Waals surface area contributed by atoms with Crippen molar-refractivity contribution >= 4 is 23.7 Å². The van der Waals surface area contributed by atoms with E-state index in [2.05, 4.69) is 10.5 Å². The predicted octanol–water partition coefficient (Wildman–Crippen LogP) is 4.69. The molecule has 0 aliphatic rings. The lowest BCUT2D eigenvalue weighted by atomic mass is 10.2. The third-order valence-corrected chi connectivity index (χ3v) is 4.12. The molecule has 0 spiro atoms. The molecule has 3 aromatic rings. The van der Waals surface area contributed by atoms with Crippen molar-refractivity contribution in [3.63, 3.8) is 0 Å². The molecule has 0 atom stereocenters. The van der Waals surface area contributed by atoms with Gasteiger partial charge in [-0.3, -0.25) is 4.79 Å². The van der Waals surface area contributed by atoms with Gasteiger partial charge in [0, 0.05) is 10.6 Å². The van der Waals surface area contributed by atoms with Gasteiger partial charge in [0.15, 0.2) is 0 Å². The fourth-order valence-electron chi connectivity index (χ4n) is 2.45. The van der Waals surface area contributed by atoms with Crippen LogP contribution in [0.2, 0.25) is 5.02 Å². The third kappa shape index (κ3) is 5.59. The van der Waals surface area contributed by atoms with Crippen LogP contribution < -0.4 is 14.9 Å². The molecule has 0 aromatic heterocycles. The van der Waals surface area contributed by atoms with Gasteiger partial charge >= 0.3 is 0 Å². The summed E-state index contributed by atoms with van der Waals surface area (Å²) in [6, 6.07) is 21.7. The first kappa shape index (κ1) is 19.5. The number of benzene rings is 3. The Balaban J connectivity index is 1.53. The summed E-state index contributed by atoms with van der Waals surface area (Å²) in [5.41, 5.74) is 4.77. The molecule has 1 amide bonds. The van der Waals surface area contributed by atoms with Gasteiger partial charge in [-0.1, -0.05) is 35.9 Å². The molecule has 0 fully saturated rings. The second-order valence-corrected chi connectivity index (χ2v) is 6.36. The highest BCUT2D eigenvalue weighted by molar-refractivity contribution is 6.30. The first-order valence-corrected chi connectivity index (χ1v) is 8.96. The van der Waals surface area contributed by atoms with Crippen LogP contribution in [-0.4, -0.2) is 19.2 Å². The lowest BCUT2D eigenvalue weighted by molar-refractivity contribution is 0.0955. The molecule has 0 saturated carbocycles. The van der Waals surface area contributed by atoms with E-state index < -0.39 is 0 Å². The van der Waals surface area contributed by atoms with Crippen molar-refractivity contribution in [1.82, 2.24) is 5.43 Å². The highest BCUT2D eigenvalue weighted by Gasteiger charge is 2.05. The van der Waals surface area contributed by atoms with Crippen LogP contribution in [0.1, 0.15) is 21.5 Å². The molecule has 3 aromatic carbocycles. The molecule has 0 aliphatic carbocycles. The van der Waals surface area contributed by atoms with E-state index in [1.54, 1.807) is 43.5 Å². The standard InChI is InChI=1S/C22H19ClN2O3/c1-27-21-7-3-5-17(13-21)15-28-20-10-8-18(9-11-20)22(26)25-24-14-16-4-2-6-19(23)12-16/h2-14H,15H2,1H3,(H,25,26). The number of hydrogen-bond acceptors (Lipinski definition) is 4. The minimum absolute atomic E-state index is 0.308. The quantitative estimate of drug-likeness (QED) is 0.467. The molecule has 0 heterocycles. The van der Waals surface area contributed by atoms with Crippen LogP contribution in [-0.2, 0) is 6.61 Å². The van der Waals surface area contributed by atoms with Crippen LogP contribution >= 0.6 is 11.6 Å². The molecule has 28 heavy (non-hydrogen) atoms. The minimum Gasteiger partial charge on any atom is -0.497 e. The molecular weight excluding hydrogens is 376 g/mol. The van der Waals surface area contributed by atoms with E-state index in [1.165, 1.54) is 6.21 Å². The van der Waals surface area contributed by atoms with Crippen molar-refractivity contribution in [3.8, 4) is 11.5 Å².